The van der Waals surface area contributed by atoms with E-state index in [0.717, 1.165) is 62.5 Å². The molecule has 0 unspecified atom stereocenters. The molecule has 0 radical (unpaired) electrons. The number of primary amides is 1. The van der Waals surface area contributed by atoms with Crippen LogP contribution in [0.5, 0.6) is 0 Å². The van der Waals surface area contributed by atoms with Crippen molar-refractivity contribution in [2.24, 2.45) is 5.73 Å². The van der Waals surface area contributed by atoms with Crippen LogP contribution < -0.4 is 11.1 Å². The normalized spacial score (nSPS) is 13.1. The van der Waals surface area contributed by atoms with Gasteiger partial charge in [-0.25, -0.2) is 9.97 Å². The number of thioether (sulfide) groups is 1. The van der Waals surface area contributed by atoms with Gasteiger partial charge in [-0.15, -0.1) is 22.7 Å². The molecule has 9 heteroatoms. The Morgan fingerprint density at radius 1 is 1.15 bits per heavy atom. The van der Waals surface area contributed by atoms with Crippen molar-refractivity contribution in [1.29, 1.82) is 0 Å². The number of nitrogens with zero attached hydrogens (tertiary/aromatic N) is 2. The third-order valence-electron chi connectivity index (χ3n) is 5.71. The van der Waals surface area contributed by atoms with Gasteiger partial charge in [0.25, 0.3) is 5.91 Å². The third kappa shape index (κ3) is 4.40. The van der Waals surface area contributed by atoms with E-state index in [4.69, 9.17) is 5.73 Å². The summed E-state index contributed by atoms with van der Waals surface area (Å²) in [4.78, 5) is 35.8. The number of nitrogens with two attached hydrogens (primary N) is 1. The number of anilines is 1. The van der Waals surface area contributed by atoms with Crippen LogP contribution in [-0.4, -0.2) is 27.5 Å². The minimum Gasteiger partial charge on any atom is -0.365 e. The average Bonchev–Trinajstić information content (AvgIpc) is 3.40. The molecule has 3 aromatic heterocycles. The fourth-order valence-corrected chi connectivity index (χ4v) is 7.22. The van der Waals surface area contributed by atoms with Crippen LogP contribution in [0.15, 0.2) is 41.0 Å². The van der Waals surface area contributed by atoms with E-state index >= 15 is 0 Å². The largest absolute Gasteiger partial charge is 0.365 e. The maximum atomic E-state index is 12.8. The Labute approximate surface area is 203 Å². The first-order valence-electron chi connectivity index (χ1n) is 10.7. The lowest BCUT2D eigenvalue weighted by Gasteiger charge is -2.11. The Morgan fingerprint density at radius 3 is 2.73 bits per heavy atom. The number of carbonyl (C=O) groups is 2. The molecule has 0 atom stereocenters. The Bertz CT molecular complexity index is 1360. The molecular weight excluding hydrogens is 472 g/mol. The molecule has 6 nitrogen and oxygen atoms in total. The summed E-state index contributed by atoms with van der Waals surface area (Å²) in [7, 11) is 0. The van der Waals surface area contributed by atoms with Crippen LogP contribution in [0.4, 0.5) is 5.00 Å². The first-order chi connectivity index (χ1) is 16.0. The minimum atomic E-state index is -0.476. The molecule has 0 bridgehead atoms. The number of carbonyl (C=O) groups excluding carboxylic acids is 2. The lowest BCUT2D eigenvalue weighted by molar-refractivity contribution is -0.113. The summed E-state index contributed by atoms with van der Waals surface area (Å²) in [6.45, 7) is 2.06. The van der Waals surface area contributed by atoms with Crippen molar-refractivity contribution >= 4 is 61.5 Å². The molecule has 168 valence electrons. The number of fused-ring (bicyclic) bond motifs is 2. The van der Waals surface area contributed by atoms with E-state index in [1.807, 2.05) is 0 Å². The second kappa shape index (κ2) is 9.24. The summed E-state index contributed by atoms with van der Waals surface area (Å²) in [6.07, 6.45) is 5.46. The number of nitrogens with one attached hydrogen (secondary N) is 1. The Hall–Kier alpha value is -2.75. The molecule has 0 fully saturated rings. The average molecular weight is 495 g/mol. The Morgan fingerprint density at radius 2 is 1.94 bits per heavy atom. The smallest absolute Gasteiger partial charge is 0.251 e. The lowest BCUT2D eigenvalue weighted by atomic mass is 9.95. The summed E-state index contributed by atoms with van der Waals surface area (Å²) >= 11 is 4.42. The molecule has 2 amide bonds. The van der Waals surface area contributed by atoms with Gasteiger partial charge in [0.2, 0.25) is 5.91 Å². The molecule has 0 saturated heterocycles. The maximum Gasteiger partial charge on any atom is 0.251 e. The van der Waals surface area contributed by atoms with Crippen molar-refractivity contribution in [3.8, 4) is 11.1 Å². The van der Waals surface area contributed by atoms with Gasteiger partial charge in [-0.3, -0.25) is 9.59 Å². The number of aryl methyl sites for hydroxylation is 2. The Kier molecular flexibility index (Phi) is 6.18. The third-order valence-corrected chi connectivity index (χ3v) is 8.79. The lowest BCUT2D eigenvalue weighted by Crippen LogP contribution is -2.19. The number of hydrogen-bond donors (Lipinski definition) is 2. The Balaban J connectivity index is 1.37. The van der Waals surface area contributed by atoms with Crippen molar-refractivity contribution in [3.63, 3.8) is 0 Å². The molecule has 4 aromatic rings. The van der Waals surface area contributed by atoms with E-state index in [9.17, 15) is 9.59 Å². The van der Waals surface area contributed by atoms with Crippen LogP contribution >= 0.6 is 34.4 Å². The van der Waals surface area contributed by atoms with E-state index in [-0.39, 0.29) is 11.7 Å². The number of amides is 2. The molecule has 0 saturated carbocycles. The summed E-state index contributed by atoms with van der Waals surface area (Å²) in [5.41, 5.74) is 10.5. The van der Waals surface area contributed by atoms with Gasteiger partial charge >= 0.3 is 0 Å². The van der Waals surface area contributed by atoms with Crippen molar-refractivity contribution in [1.82, 2.24) is 9.97 Å². The molecule has 1 aromatic carbocycles. The summed E-state index contributed by atoms with van der Waals surface area (Å²) < 4.78 is 0. The summed E-state index contributed by atoms with van der Waals surface area (Å²) in [5.74, 6) is -0.480. The highest BCUT2D eigenvalue weighted by Crippen LogP contribution is 2.39. The number of thiophene rings is 2. The second-order valence-corrected chi connectivity index (χ2v) is 10.9. The van der Waals surface area contributed by atoms with Gasteiger partial charge in [-0.1, -0.05) is 41.6 Å². The van der Waals surface area contributed by atoms with Crippen LogP contribution in [-0.2, 0) is 17.6 Å². The highest BCUT2D eigenvalue weighted by atomic mass is 32.2. The molecular formula is C24H22N4O2S3. The van der Waals surface area contributed by atoms with E-state index in [1.54, 1.807) is 11.3 Å². The first-order valence-corrected chi connectivity index (χ1v) is 13.4. The molecule has 33 heavy (non-hydrogen) atoms. The quantitative estimate of drug-likeness (QED) is 0.275. The molecule has 0 spiro atoms. The zero-order valence-electron chi connectivity index (χ0n) is 18.0. The molecule has 0 aliphatic heterocycles. The zero-order valence-corrected chi connectivity index (χ0v) is 20.5. The second-order valence-electron chi connectivity index (χ2n) is 7.99. The fraction of sp³-hybridized carbons (Fsp3) is 0.250. The van der Waals surface area contributed by atoms with Crippen LogP contribution in [0, 0.1) is 6.92 Å². The summed E-state index contributed by atoms with van der Waals surface area (Å²) in [5, 5.41) is 7.33. The minimum absolute atomic E-state index is 0.177. The van der Waals surface area contributed by atoms with Crippen LogP contribution in [0.25, 0.3) is 21.3 Å². The molecule has 1 aliphatic rings. The highest BCUT2D eigenvalue weighted by molar-refractivity contribution is 8.00. The van der Waals surface area contributed by atoms with Gasteiger partial charge in [-0.05, 0) is 43.7 Å². The van der Waals surface area contributed by atoms with E-state index in [0.29, 0.717) is 10.6 Å². The van der Waals surface area contributed by atoms with Crippen molar-refractivity contribution in [2.45, 2.75) is 37.6 Å². The maximum absolute atomic E-state index is 12.8. The van der Waals surface area contributed by atoms with Gasteiger partial charge in [0, 0.05) is 15.8 Å². The SMILES string of the molecule is Cc1ccc(-c2csc3ncnc(SCC(=O)Nc4sc5c(c4C(N)=O)CCCC5)c23)cc1. The predicted molar refractivity (Wildman–Crippen MR) is 136 cm³/mol. The van der Waals surface area contributed by atoms with Gasteiger partial charge in [-0.2, -0.15) is 0 Å². The van der Waals surface area contributed by atoms with Crippen LogP contribution in [0.2, 0.25) is 0 Å². The van der Waals surface area contributed by atoms with Gasteiger partial charge in [0.15, 0.2) is 0 Å². The fourth-order valence-electron chi connectivity index (χ4n) is 4.11. The van der Waals surface area contributed by atoms with Gasteiger partial charge in [0.05, 0.1) is 16.7 Å². The molecule has 1 aliphatic carbocycles. The van der Waals surface area contributed by atoms with Crippen LogP contribution in [0.1, 0.15) is 39.2 Å². The number of benzene rings is 1. The van der Waals surface area contributed by atoms with E-state index in [2.05, 4.69) is 51.9 Å². The molecule has 5 rings (SSSR count). The first kappa shape index (κ1) is 22.1. The number of rotatable bonds is 6. The van der Waals surface area contributed by atoms with Crippen molar-refractivity contribution < 1.29 is 9.59 Å². The monoisotopic (exact) mass is 494 g/mol. The highest BCUT2D eigenvalue weighted by Gasteiger charge is 2.25. The number of hydrogen-bond acceptors (Lipinski definition) is 7. The molecule has 3 heterocycles. The number of aromatic nitrogens is 2. The van der Waals surface area contributed by atoms with Crippen molar-refractivity contribution in [3.05, 3.63) is 57.5 Å². The van der Waals surface area contributed by atoms with Gasteiger partial charge < -0.3 is 11.1 Å². The standard InChI is InChI=1S/C24H22N4O2S3/c1-13-6-8-14(9-7-13)16-10-31-22-20(16)23(27-12-26-22)32-11-18(29)28-24-19(21(25)30)15-4-2-3-5-17(15)33-24/h6-10,12H,2-5,11H2,1H3,(H2,25,30)(H,28,29). The van der Waals surface area contributed by atoms with Crippen LogP contribution in [0.3, 0.4) is 0 Å². The van der Waals surface area contributed by atoms with Crippen molar-refractivity contribution in [2.75, 3.05) is 11.1 Å². The van der Waals surface area contributed by atoms with Gasteiger partial charge in [0.1, 0.15) is 21.2 Å². The zero-order chi connectivity index (χ0) is 22.9. The molecule has 3 N–H and O–H groups in total. The predicted octanol–water partition coefficient (Wildman–Crippen LogP) is 5.44. The topological polar surface area (TPSA) is 98.0 Å². The summed E-state index contributed by atoms with van der Waals surface area (Å²) in [6, 6.07) is 8.35. The van der Waals surface area contributed by atoms with E-state index in [1.165, 1.54) is 35.0 Å². The van der Waals surface area contributed by atoms with E-state index < -0.39 is 5.91 Å².